The lowest BCUT2D eigenvalue weighted by Gasteiger charge is -2.11. The van der Waals surface area contributed by atoms with Crippen molar-refractivity contribution >= 4 is 35.1 Å². The predicted octanol–water partition coefficient (Wildman–Crippen LogP) is 2.07. The van der Waals surface area contributed by atoms with Crippen LogP contribution in [0.2, 0.25) is 0 Å². The molecule has 34 heavy (non-hydrogen) atoms. The molecular weight excluding hydrogens is 458 g/mol. The molecule has 178 valence electrons. The van der Waals surface area contributed by atoms with Crippen molar-refractivity contribution in [1.29, 1.82) is 0 Å². The molecule has 1 heterocycles. The summed E-state index contributed by atoms with van der Waals surface area (Å²) in [5.74, 6) is -0.0580. The van der Waals surface area contributed by atoms with E-state index in [4.69, 9.17) is 15.2 Å². The number of amides is 2. The van der Waals surface area contributed by atoms with Gasteiger partial charge in [0.15, 0.2) is 22.5 Å². The van der Waals surface area contributed by atoms with Gasteiger partial charge in [-0.1, -0.05) is 42.1 Å². The molecule has 1 aromatic heterocycles. The summed E-state index contributed by atoms with van der Waals surface area (Å²) < 4.78 is 10.3. The number of benzene rings is 2. The first-order valence-electron chi connectivity index (χ1n) is 10.3. The Kier molecular flexibility index (Phi) is 8.52. The second kappa shape index (κ2) is 11.8. The molecule has 5 N–H and O–H groups in total. The first-order chi connectivity index (χ1) is 16.4. The zero-order valence-electron chi connectivity index (χ0n) is 18.7. The molecule has 0 atom stereocenters. The van der Waals surface area contributed by atoms with Crippen molar-refractivity contribution in [2.45, 2.75) is 11.6 Å². The SMILES string of the molecule is COc1ccc(C(=O)Nc2c(N)nc(SCC(=O)NCCc3ccccc3)[nH]c2=O)cc1OC. The first kappa shape index (κ1) is 24.6. The first-order valence-corrected chi connectivity index (χ1v) is 11.3. The molecule has 0 unspecified atom stereocenters. The van der Waals surface area contributed by atoms with Crippen LogP contribution < -0.4 is 31.4 Å². The summed E-state index contributed by atoms with van der Waals surface area (Å²) in [6, 6.07) is 14.4. The second-order valence-electron chi connectivity index (χ2n) is 7.03. The predicted molar refractivity (Wildman–Crippen MR) is 131 cm³/mol. The van der Waals surface area contributed by atoms with Gasteiger partial charge in [-0.25, -0.2) is 4.98 Å². The Morgan fingerprint density at radius 1 is 1.09 bits per heavy atom. The number of rotatable bonds is 10. The molecule has 0 spiro atoms. The van der Waals surface area contributed by atoms with Gasteiger partial charge in [0, 0.05) is 12.1 Å². The number of nitrogens with zero attached hydrogens (tertiary/aromatic N) is 1. The number of ether oxygens (including phenoxy) is 2. The molecule has 0 radical (unpaired) electrons. The zero-order chi connectivity index (χ0) is 24.5. The number of aromatic amines is 1. The van der Waals surface area contributed by atoms with Gasteiger partial charge < -0.3 is 25.8 Å². The number of H-pyrrole nitrogens is 1. The van der Waals surface area contributed by atoms with Crippen LogP contribution in [0.25, 0.3) is 0 Å². The monoisotopic (exact) mass is 483 g/mol. The van der Waals surface area contributed by atoms with E-state index >= 15 is 0 Å². The maximum absolute atomic E-state index is 12.6. The summed E-state index contributed by atoms with van der Waals surface area (Å²) in [4.78, 5) is 43.8. The van der Waals surface area contributed by atoms with E-state index in [2.05, 4.69) is 20.6 Å². The molecule has 3 aromatic rings. The van der Waals surface area contributed by atoms with E-state index in [9.17, 15) is 14.4 Å². The third-order valence-corrected chi connectivity index (χ3v) is 5.60. The van der Waals surface area contributed by atoms with E-state index in [1.54, 1.807) is 6.07 Å². The Morgan fingerprint density at radius 2 is 1.82 bits per heavy atom. The number of methoxy groups -OCH3 is 2. The molecule has 0 fully saturated rings. The molecule has 10 nitrogen and oxygen atoms in total. The molecule has 2 amide bonds. The van der Waals surface area contributed by atoms with Crippen LogP contribution in [0.1, 0.15) is 15.9 Å². The molecule has 0 aliphatic heterocycles. The lowest BCUT2D eigenvalue weighted by molar-refractivity contribution is -0.118. The van der Waals surface area contributed by atoms with Gasteiger partial charge in [0.1, 0.15) is 5.69 Å². The van der Waals surface area contributed by atoms with Gasteiger partial charge in [0.05, 0.1) is 20.0 Å². The van der Waals surface area contributed by atoms with E-state index in [1.165, 1.54) is 26.4 Å². The lowest BCUT2D eigenvalue weighted by Crippen LogP contribution is -2.27. The molecule has 0 saturated carbocycles. The molecular formula is C23H25N5O5S. The minimum absolute atomic E-state index is 0.0501. The number of nitrogens with one attached hydrogen (secondary N) is 3. The van der Waals surface area contributed by atoms with Crippen LogP contribution in [-0.4, -0.2) is 48.3 Å². The summed E-state index contributed by atoms with van der Waals surface area (Å²) in [6.07, 6.45) is 0.716. The van der Waals surface area contributed by atoms with Gasteiger partial charge in [-0.2, -0.15) is 0 Å². The van der Waals surface area contributed by atoms with Gasteiger partial charge in [-0.15, -0.1) is 0 Å². The van der Waals surface area contributed by atoms with Crippen LogP contribution in [0, 0.1) is 0 Å². The smallest absolute Gasteiger partial charge is 0.277 e. The fourth-order valence-electron chi connectivity index (χ4n) is 3.00. The fourth-order valence-corrected chi connectivity index (χ4v) is 3.70. The number of anilines is 2. The number of nitrogens with two attached hydrogens (primary N) is 1. The maximum Gasteiger partial charge on any atom is 0.277 e. The third-order valence-electron chi connectivity index (χ3n) is 4.73. The van der Waals surface area contributed by atoms with Gasteiger partial charge in [0.2, 0.25) is 5.91 Å². The average Bonchev–Trinajstić information content (AvgIpc) is 2.85. The van der Waals surface area contributed by atoms with Crippen LogP contribution in [0.3, 0.4) is 0 Å². The van der Waals surface area contributed by atoms with Crippen LogP contribution in [0.5, 0.6) is 11.5 Å². The van der Waals surface area contributed by atoms with Crippen molar-refractivity contribution in [2.24, 2.45) is 0 Å². The highest BCUT2D eigenvalue weighted by Gasteiger charge is 2.16. The highest BCUT2D eigenvalue weighted by Crippen LogP contribution is 2.28. The number of hydrogen-bond donors (Lipinski definition) is 4. The Labute approximate surface area is 200 Å². The quantitative estimate of drug-likeness (QED) is 0.253. The van der Waals surface area contributed by atoms with Crippen molar-refractivity contribution in [3.63, 3.8) is 0 Å². The van der Waals surface area contributed by atoms with Gasteiger partial charge >= 0.3 is 0 Å². The number of thioether (sulfide) groups is 1. The van der Waals surface area contributed by atoms with Crippen LogP contribution in [-0.2, 0) is 11.2 Å². The number of aromatic nitrogens is 2. The average molecular weight is 484 g/mol. The summed E-state index contributed by atoms with van der Waals surface area (Å²) in [7, 11) is 2.93. The molecule has 0 bridgehead atoms. The lowest BCUT2D eigenvalue weighted by atomic mass is 10.1. The van der Waals surface area contributed by atoms with Crippen molar-refractivity contribution < 1.29 is 19.1 Å². The summed E-state index contributed by atoms with van der Waals surface area (Å²) in [5, 5.41) is 5.45. The highest BCUT2D eigenvalue weighted by atomic mass is 32.2. The molecule has 3 rings (SSSR count). The topological polar surface area (TPSA) is 148 Å². The molecule has 0 saturated heterocycles. The Bertz CT molecular complexity index is 1220. The number of nitrogen functional groups attached to an aromatic ring is 1. The Hall–Kier alpha value is -3.99. The number of carbonyl (C=O) groups is 2. The number of hydrogen-bond acceptors (Lipinski definition) is 8. The van der Waals surface area contributed by atoms with E-state index in [0.717, 1.165) is 17.3 Å². The van der Waals surface area contributed by atoms with E-state index in [0.29, 0.717) is 24.5 Å². The van der Waals surface area contributed by atoms with E-state index in [-0.39, 0.29) is 33.9 Å². The standard InChI is InChI=1S/C23H25N5O5S/c1-32-16-9-8-15(12-17(16)33-2)21(30)26-19-20(24)27-23(28-22(19)31)34-13-18(29)25-11-10-14-6-4-3-5-7-14/h3-9,12H,10-11,13H2,1-2H3,(H,25,29)(H,26,30)(H3,24,27,28,31). The van der Waals surface area contributed by atoms with Crippen molar-refractivity contribution in [1.82, 2.24) is 15.3 Å². The maximum atomic E-state index is 12.6. The van der Waals surface area contributed by atoms with Crippen molar-refractivity contribution in [3.05, 3.63) is 70.0 Å². The van der Waals surface area contributed by atoms with Crippen LogP contribution in [0.4, 0.5) is 11.5 Å². The van der Waals surface area contributed by atoms with E-state index < -0.39 is 11.5 Å². The summed E-state index contributed by atoms with van der Waals surface area (Å²) in [5.41, 5.74) is 6.44. The largest absolute Gasteiger partial charge is 0.493 e. The van der Waals surface area contributed by atoms with Crippen LogP contribution >= 0.6 is 11.8 Å². The van der Waals surface area contributed by atoms with Crippen molar-refractivity contribution in [3.8, 4) is 11.5 Å². The highest BCUT2D eigenvalue weighted by molar-refractivity contribution is 7.99. The van der Waals surface area contributed by atoms with E-state index in [1.807, 2.05) is 30.3 Å². The molecule has 11 heteroatoms. The van der Waals surface area contributed by atoms with Crippen molar-refractivity contribution in [2.75, 3.05) is 37.6 Å². The normalized spacial score (nSPS) is 10.4. The summed E-state index contributed by atoms with van der Waals surface area (Å²) in [6.45, 7) is 0.497. The van der Waals surface area contributed by atoms with Crippen LogP contribution in [0.15, 0.2) is 58.5 Å². The second-order valence-corrected chi connectivity index (χ2v) is 7.99. The Balaban J connectivity index is 1.57. The van der Waals surface area contributed by atoms with Gasteiger partial charge in [-0.3, -0.25) is 19.4 Å². The Morgan fingerprint density at radius 3 is 2.50 bits per heavy atom. The summed E-state index contributed by atoms with van der Waals surface area (Å²) >= 11 is 1.03. The van der Waals surface area contributed by atoms with Gasteiger partial charge in [0.25, 0.3) is 11.5 Å². The minimum atomic E-state index is -0.631. The third kappa shape index (κ3) is 6.51. The fraction of sp³-hybridized carbons (Fsp3) is 0.217. The van der Waals surface area contributed by atoms with Gasteiger partial charge in [-0.05, 0) is 30.2 Å². The molecule has 0 aliphatic carbocycles. The molecule has 0 aliphatic rings. The molecule has 2 aromatic carbocycles. The number of carbonyl (C=O) groups excluding carboxylic acids is 2. The zero-order valence-corrected chi connectivity index (χ0v) is 19.5. The minimum Gasteiger partial charge on any atom is -0.493 e.